The third-order valence-electron chi connectivity index (χ3n) is 3.61. The Bertz CT molecular complexity index is 342. The van der Waals surface area contributed by atoms with Crippen molar-refractivity contribution in [3.05, 3.63) is 0 Å². The molecule has 0 radical (unpaired) electrons. The first kappa shape index (κ1) is 15.8. The highest BCUT2D eigenvalue weighted by Crippen LogP contribution is 2.22. The zero-order chi connectivity index (χ0) is 14.6. The molecule has 1 heterocycles. The SMILES string of the molecule is CC(C)C(NC(N)=O)C(=O)N1CCCC(C)(O)CC1. The van der Waals surface area contributed by atoms with Crippen LogP contribution in [0.1, 0.15) is 40.0 Å². The molecule has 110 valence electrons. The van der Waals surface area contributed by atoms with Crippen molar-refractivity contribution in [2.24, 2.45) is 11.7 Å². The number of hydrogen-bond donors (Lipinski definition) is 3. The molecule has 19 heavy (non-hydrogen) atoms. The zero-order valence-corrected chi connectivity index (χ0v) is 12.0. The van der Waals surface area contributed by atoms with E-state index in [1.54, 1.807) is 11.8 Å². The Kier molecular flexibility index (Phi) is 5.17. The molecule has 4 N–H and O–H groups in total. The average Bonchev–Trinajstić information content (AvgIpc) is 2.45. The van der Waals surface area contributed by atoms with Crippen LogP contribution < -0.4 is 11.1 Å². The Hall–Kier alpha value is -1.30. The van der Waals surface area contributed by atoms with E-state index in [1.807, 2.05) is 13.8 Å². The lowest BCUT2D eigenvalue weighted by molar-refractivity contribution is -0.134. The molecule has 0 aromatic rings. The smallest absolute Gasteiger partial charge is 0.312 e. The second-order valence-electron chi connectivity index (χ2n) is 5.91. The fraction of sp³-hybridized carbons (Fsp3) is 0.846. The van der Waals surface area contributed by atoms with Gasteiger partial charge in [0.05, 0.1) is 5.60 Å². The van der Waals surface area contributed by atoms with Crippen LogP contribution in [0.5, 0.6) is 0 Å². The summed E-state index contributed by atoms with van der Waals surface area (Å²) in [5.41, 5.74) is 4.40. The molecule has 6 heteroatoms. The molecule has 1 rings (SSSR count). The fourth-order valence-electron chi connectivity index (χ4n) is 2.35. The van der Waals surface area contributed by atoms with E-state index in [2.05, 4.69) is 5.32 Å². The van der Waals surface area contributed by atoms with Crippen LogP contribution in [0.25, 0.3) is 0 Å². The van der Waals surface area contributed by atoms with E-state index in [0.717, 1.165) is 6.42 Å². The quantitative estimate of drug-likeness (QED) is 0.695. The minimum Gasteiger partial charge on any atom is -0.390 e. The van der Waals surface area contributed by atoms with Crippen LogP contribution in [0.4, 0.5) is 4.79 Å². The molecule has 6 nitrogen and oxygen atoms in total. The van der Waals surface area contributed by atoms with Gasteiger partial charge in [0, 0.05) is 13.1 Å². The van der Waals surface area contributed by atoms with Gasteiger partial charge < -0.3 is 21.1 Å². The zero-order valence-electron chi connectivity index (χ0n) is 12.0. The van der Waals surface area contributed by atoms with Crippen molar-refractivity contribution in [2.45, 2.75) is 51.7 Å². The summed E-state index contributed by atoms with van der Waals surface area (Å²) >= 11 is 0. The van der Waals surface area contributed by atoms with Crippen molar-refractivity contribution in [1.82, 2.24) is 10.2 Å². The van der Waals surface area contributed by atoms with Gasteiger partial charge in [0.25, 0.3) is 0 Å². The number of carbonyl (C=O) groups excluding carboxylic acids is 2. The molecule has 0 saturated carbocycles. The maximum absolute atomic E-state index is 12.4. The summed E-state index contributed by atoms with van der Waals surface area (Å²) in [5, 5.41) is 12.5. The van der Waals surface area contributed by atoms with Gasteiger partial charge in [0.15, 0.2) is 0 Å². The highest BCUT2D eigenvalue weighted by molar-refractivity contribution is 5.86. The molecule has 2 unspecified atom stereocenters. The molecule has 1 aliphatic rings. The van der Waals surface area contributed by atoms with Gasteiger partial charge in [-0.25, -0.2) is 4.79 Å². The molecular formula is C13H25N3O3. The molecule has 3 amide bonds. The van der Waals surface area contributed by atoms with Gasteiger partial charge in [-0.1, -0.05) is 13.8 Å². The molecule has 1 aliphatic heterocycles. The van der Waals surface area contributed by atoms with Crippen LogP contribution in [0.3, 0.4) is 0 Å². The van der Waals surface area contributed by atoms with Crippen LogP contribution >= 0.6 is 0 Å². The van der Waals surface area contributed by atoms with Gasteiger partial charge in [0.2, 0.25) is 5.91 Å². The second kappa shape index (κ2) is 6.23. The molecule has 1 saturated heterocycles. The van der Waals surface area contributed by atoms with Crippen LogP contribution in [0, 0.1) is 5.92 Å². The number of likely N-dealkylation sites (tertiary alicyclic amines) is 1. The van der Waals surface area contributed by atoms with Crippen molar-refractivity contribution < 1.29 is 14.7 Å². The number of aliphatic hydroxyl groups is 1. The molecule has 1 fully saturated rings. The summed E-state index contributed by atoms with van der Waals surface area (Å²) in [6.07, 6.45) is 2.01. The third kappa shape index (κ3) is 4.70. The number of nitrogens with one attached hydrogen (secondary N) is 1. The van der Waals surface area contributed by atoms with E-state index < -0.39 is 17.7 Å². The Balaban J connectivity index is 2.71. The van der Waals surface area contributed by atoms with Gasteiger partial charge in [-0.3, -0.25) is 4.79 Å². The summed E-state index contributed by atoms with van der Waals surface area (Å²) in [6.45, 7) is 6.65. The number of nitrogens with two attached hydrogens (primary N) is 1. The normalized spacial score (nSPS) is 25.8. The van der Waals surface area contributed by atoms with Crippen molar-refractivity contribution in [3.8, 4) is 0 Å². The van der Waals surface area contributed by atoms with E-state index in [-0.39, 0.29) is 11.8 Å². The summed E-state index contributed by atoms with van der Waals surface area (Å²) in [6, 6.07) is -1.28. The van der Waals surface area contributed by atoms with Gasteiger partial charge in [-0.15, -0.1) is 0 Å². The molecule has 0 aromatic heterocycles. The highest BCUT2D eigenvalue weighted by Gasteiger charge is 2.32. The minimum absolute atomic E-state index is 0.0243. The van der Waals surface area contributed by atoms with E-state index in [4.69, 9.17) is 5.73 Å². The predicted molar refractivity (Wildman–Crippen MR) is 72.4 cm³/mol. The Labute approximate surface area is 114 Å². The lowest BCUT2D eigenvalue weighted by Crippen LogP contribution is -2.52. The largest absolute Gasteiger partial charge is 0.390 e. The number of amides is 3. The lowest BCUT2D eigenvalue weighted by Gasteiger charge is -2.28. The molecule has 0 spiro atoms. The predicted octanol–water partition coefficient (Wildman–Crippen LogP) is 0.443. The first-order valence-corrected chi connectivity index (χ1v) is 6.80. The van der Waals surface area contributed by atoms with E-state index >= 15 is 0 Å². The molecule has 0 aliphatic carbocycles. The number of urea groups is 1. The molecule has 0 aromatic carbocycles. The van der Waals surface area contributed by atoms with Crippen molar-refractivity contribution >= 4 is 11.9 Å². The maximum atomic E-state index is 12.4. The topological polar surface area (TPSA) is 95.7 Å². The Morgan fingerprint density at radius 2 is 1.95 bits per heavy atom. The number of carbonyl (C=O) groups is 2. The van der Waals surface area contributed by atoms with Crippen molar-refractivity contribution in [2.75, 3.05) is 13.1 Å². The first-order chi connectivity index (χ1) is 8.73. The van der Waals surface area contributed by atoms with Crippen molar-refractivity contribution in [1.29, 1.82) is 0 Å². The van der Waals surface area contributed by atoms with Gasteiger partial charge in [-0.2, -0.15) is 0 Å². The average molecular weight is 271 g/mol. The first-order valence-electron chi connectivity index (χ1n) is 6.80. The summed E-state index contributed by atoms with van der Waals surface area (Å²) in [4.78, 5) is 25.1. The minimum atomic E-state index is -0.709. The van der Waals surface area contributed by atoms with Gasteiger partial charge in [-0.05, 0) is 32.1 Å². The van der Waals surface area contributed by atoms with E-state index in [9.17, 15) is 14.7 Å². The second-order valence-corrected chi connectivity index (χ2v) is 5.91. The monoisotopic (exact) mass is 271 g/mol. The number of nitrogens with zero attached hydrogens (tertiary/aromatic N) is 1. The Morgan fingerprint density at radius 3 is 2.47 bits per heavy atom. The van der Waals surface area contributed by atoms with Crippen LogP contribution in [-0.2, 0) is 4.79 Å². The maximum Gasteiger partial charge on any atom is 0.312 e. The van der Waals surface area contributed by atoms with E-state index in [1.165, 1.54) is 0 Å². The molecule has 2 atom stereocenters. The van der Waals surface area contributed by atoms with Crippen LogP contribution in [0.2, 0.25) is 0 Å². The lowest BCUT2D eigenvalue weighted by atomic mass is 9.98. The van der Waals surface area contributed by atoms with E-state index in [0.29, 0.717) is 25.9 Å². The number of rotatable bonds is 3. The Morgan fingerprint density at radius 1 is 1.32 bits per heavy atom. The van der Waals surface area contributed by atoms with Crippen LogP contribution in [-0.4, -0.2) is 46.7 Å². The highest BCUT2D eigenvalue weighted by atomic mass is 16.3. The van der Waals surface area contributed by atoms with Crippen molar-refractivity contribution in [3.63, 3.8) is 0 Å². The van der Waals surface area contributed by atoms with Gasteiger partial charge >= 0.3 is 6.03 Å². The molecule has 0 bridgehead atoms. The summed E-state index contributed by atoms with van der Waals surface area (Å²) < 4.78 is 0. The number of primary amides is 1. The standard InChI is InChI=1S/C13H25N3O3/c1-9(2)10(15-12(14)18)11(17)16-7-4-5-13(3,19)6-8-16/h9-10,19H,4-8H2,1-3H3,(H3,14,15,18). The summed E-state index contributed by atoms with van der Waals surface area (Å²) in [7, 11) is 0. The summed E-state index contributed by atoms with van der Waals surface area (Å²) in [5.74, 6) is -0.143. The van der Waals surface area contributed by atoms with Crippen LogP contribution in [0.15, 0.2) is 0 Å². The van der Waals surface area contributed by atoms with Gasteiger partial charge in [0.1, 0.15) is 6.04 Å². The number of hydrogen-bond acceptors (Lipinski definition) is 3. The fourth-order valence-corrected chi connectivity index (χ4v) is 2.35. The molecular weight excluding hydrogens is 246 g/mol. The third-order valence-corrected chi connectivity index (χ3v) is 3.61.